The number of hydrogen-bond donors (Lipinski definition) is 3. The van der Waals surface area contributed by atoms with Crippen LogP contribution in [0.5, 0.6) is 5.75 Å². The van der Waals surface area contributed by atoms with Gasteiger partial charge in [0.2, 0.25) is 0 Å². The second kappa shape index (κ2) is 7.74. The molecule has 0 saturated carbocycles. The smallest absolute Gasteiger partial charge is 0.345 e. The number of ether oxygens (including phenoxy) is 2. The molecule has 12 heteroatoms. The molecule has 2 rings (SSSR count). The Balaban J connectivity index is 2.06. The summed E-state index contributed by atoms with van der Waals surface area (Å²) >= 11 is 0. The number of nitro groups is 1. The molecule has 12 nitrogen and oxygen atoms in total. The van der Waals surface area contributed by atoms with Gasteiger partial charge in [-0.05, 0) is 6.07 Å². The first-order chi connectivity index (χ1) is 12.3. The number of aromatic amines is 2. The molecule has 0 bridgehead atoms. The predicted octanol–water partition coefficient (Wildman–Crippen LogP) is -0.225. The van der Waals surface area contributed by atoms with Crippen LogP contribution in [0.1, 0.15) is 10.4 Å². The number of hydrogen-bond acceptors (Lipinski definition) is 8. The van der Waals surface area contributed by atoms with Crippen LogP contribution in [-0.4, -0.2) is 40.5 Å². The van der Waals surface area contributed by atoms with E-state index >= 15 is 0 Å². The van der Waals surface area contributed by atoms with E-state index in [9.17, 15) is 29.3 Å². The van der Waals surface area contributed by atoms with E-state index in [1.807, 2.05) is 4.98 Å². The Kier molecular flexibility index (Phi) is 5.47. The number of nitrogens with zero attached hydrogens (tertiary/aromatic N) is 1. The third kappa shape index (κ3) is 4.31. The van der Waals surface area contributed by atoms with Crippen molar-refractivity contribution in [2.45, 2.75) is 0 Å². The number of nitrogens with one attached hydrogen (secondary N) is 3. The Morgan fingerprint density at radius 2 is 2.04 bits per heavy atom. The van der Waals surface area contributed by atoms with E-state index in [2.05, 4.69) is 15.0 Å². The molecule has 2 aromatic rings. The van der Waals surface area contributed by atoms with Gasteiger partial charge in [-0.2, -0.15) is 0 Å². The first kappa shape index (κ1) is 18.4. The molecule has 136 valence electrons. The number of anilines is 1. The Morgan fingerprint density at radius 1 is 1.31 bits per heavy atom. The van der Waals surface area contributed by atoms with E-state index in [0.29, 0.717) is 0 Å². The lowest BCUT2D eigenvalue weighted by Gasteiger charge is -2.10. The second-order valence-corrected chi connectivity index (χ2v) is 4.75. The fourth-order valence-corrected chi connectivity index (χ4v) is 1.86. The van der Waals surface area contributed by atoms with Crippen LogP contribution in [0.4, 0.5) is 11.4 Å². The molecular formula is C14H12N4O8. The summed E-state index contributed by atoms with van der Waals surface area (Å²) in [6.45, 7) is -0.775. The number of nitro benzene ring substituents is 1. The molecular weight excluding hydrogens is 352 g/mol. The lowest BCUT2D eigenvalue weighted by Crippen LogP contribution is -2.29. The van der Waals surface area contributed by atoms with Crippen LogP contribution in [0.25, 0.3) is 0 Å². The van der Waals surface area contributed by atoms with E-state index in [1.54, 1.807) is 0 Å². The highest BCUT2D eigenvalue weighted by Gasteiger charge is 2.17. The second-order valence-electron chi connectivity index (χ2n) is 4.75. The van der Waals surface area contributed by atoms with Gasteiger partial charge in [0.05, 0.1) is 17.7 Å². The number of non-ortho nitro benzene ring substituents is 1. The van der Waals surface area contributed by atoms with Gasteiger partial charge >= 0.3 is 11.7 Å². The topological polar surface area (TPSA) is 173 Å². The number of carbonyl (C=O) groups is 2. The monoisotopic (exact) mass is 364 g/mol. The van der Waals surface area contributed by atoms with Gasteiger partial charge in [0.1, 0.15) is 11.3 Å². The van der Waals surface area contributed by atoms with Gasteiger partial charge in [-0.3, -0.25) is 24.7 Å². The molecule has 0 aliphatic rings. The summed E-state index contributed by atoms with van der Waals surface area (Å²) in [4.78, 5) is 60.0. The van der Waals surface area contributed by atoms with Crippen LogP contribution < -0.4 is 21.3 Å². The maximum absolute atomic E-state index is 11.9. The van der Waals surface area contributed by atoms with E-state index in [0.717, 1.165) is 12.3 Å². The summed E-state index contributed by atoms with van der Waals surface area (Å²) in [5.74, 6) is -1.80. The standard InChI is InChI=1S/C14H12N4O8/c1-25-10-3-2-7(18(23)24)4-9(10)16-11(19)6-26-13(21)8-5-15-14(22)17-12(8)20/h2-5H,6H2,1H3,(H,16,19)(H2,15,17,20,22). The summed E-state index contributed by atoms with van der Waals surface area (Å²) in [5, 5.41) is 13.1. The van der Waals surface area contributed by atoms with Crippen molar-refractivity contribution >= 4 is 23.3 Å². The predicted molar refractivity (Wildman–Crippen MR) is 86.2 cm³/mol. The quantitative estimate of drug-likeness (QED) is 0.358. The van der Waals surface area contributed by atoms with E-state index < -0.39 is 40.2 Å². The van der Waals surface area contributed by atoms with Crippen LogP contribution in [0.15, 0.2) is 34.0 Å². The normalized spacial score (nSPS) is 10.0. The number of carbonyl (C=O) groups excluding carboxylic acids is 2. The van der Waals surface area contributed by atoms with Crippen molar-refractivity contribution < 1.29 is 24.0 Å². The number of benzene rings is 1. The van der Waals surface area contributed by atoms with Crippen LogP contribution >= 0.6 is 0 Å². The molecule has 0 radical (unpaired) electrons. The highest BCUT2D eigenvalue weighted by molar-refractivity contribution is 5.96. The molecule has 0 unspecified atom stereocenters. The molecule has 3 N–H and O–H groups in total. The minimum absolute atomic E-state index is 0.00429. The summed E-state index contributed by atoms with van der Waals surface area (Å²) < 4.78 is 9.64. The zero-order chi connectivity index (χ0) is 19.3. The molecule has 0 aliphatic heterocycles. The molecule has 26 heavy (non-hydrogen) atoms. The minimum atomic E-state index is -1.14. The van der Waals surface area contributed by atoms with Crippen molar-refractivity contribution in [3.8, 4) is 5.75 Å². The van der Waals surface area contributed by atoms with Crippen LogP contribution in [0.3, 0.4) is 0 Å². The number of methoxy groups -OCH3 is 1. The summed E-state index contributed by atoms with van der Waals surface area (Å²) in [5.41, 5.74) is -2.55. The fourth-order valence-electron chi connectivity index (χ4n) is 1.86. The van der Waals surface area contributed by atoms with Crippen LogP contribution in [0, 0.1) is 10.1 Å². The van der Waals surface area contributed by atoms with Crippen molar-refractivity contribution in [1.29, 1.82) is 0 Å². The van der Waals surface area contributed by atoms with Gasteiger partial charge < -0.3 is 19.8 Å². The van der Waals surface area contributed by atoms with Crippen molar-refractivity contribution in [3.63, 3.8) is 0 Å². The van der Waals surface area contributed by atoms with Gasteiger partial charge in [0, 0.05) is 18.3 Å². The lowest BCUT2D eigenvalue weighted by atomic mass is 10.2. The number of amides is 1. The van der Waals surface area contributed by atoms with Crippen molar-refractivity contribution in [3.05, 3.63) is 60.9 Å². The number of rotatable bonds is 6. The largest absolute Gasteiger partial charge is 0.495 e. The van der Waals surface area contributed by atoms with Crippen molar-refractivity contribution in [1.82, 2.24) is 9.97 Å². The van der Waals surface area contributed by atoms with Crippen molar-refractivity contribution in [2.75, 3.05) is 19.0 Å². The average molecular weight is 364 g/mol. The summed E-state index contributed by atoms with van der Waals surface area (Å²) in [6, 6.07) is 3.56. The van der Waals surface area contributed by atoms with Gasteiger partial charge in [0.15, 0.2) is 6.61 Å². The number of H-pyrrole nitrogens is 2. The molecule has 1 amide bonds. The number of esters is 1. The lowest BCUT2D eigenvalue weighted by molar-refractivity contribution is -0.384. The maximum Gasteiger partial charge on any atom is 0.345 e. The average Bonchev–Trinajstić information content (AvgIpc) is 2.59. The Labute approximate surface area is 143 Å². The van der Waals surface area contributed by atoms with Gasteiger partial charge in [-0.1, -0.05) is 0 Å². The third-order valence-corrected chi connectivity index (χ3v) is 3.04. The Hall–Kier alpha value is -3.96. The molecule has 0 spiro atoms. The van der Waals surface area contributed by atoms with Crippen molar-refractivity contribution in [2.24, 2.45) is 0 Å². The highest BCUT2D eigenvalue weighted by Crippen LogP contribution is 2.28. The molecule has 1 aromatic carbocycles. The van der Waals surface area contributed by atoms with E-state index in [1.165, 1.54) is 19.2 Å². The minimum Gasteiger partial charge on any atom is -0.495 e. The van der Waals surface area contributed by atoms with Gasteiger partial charge in [-0.25, -0.2) is 9.59 Å². The summed E-state index contributed by atoms with van der Waals surface area (Å²) in [7, 11) is 1.30. The number of aromatic nitrogens is 2. The van der Waals surface area contributed by atoms with E-state index in [-0.39, 0.29) is 17.1 Å². The zero-order valence-corrected chi connectivity index (χ0v) is 13.2. The molecule has 1 heterocycles. The van der Waals surface area contributed by atoms with Crippen LogP contribution in [-0.2, 0) is 9.53 Å². The Bertz CT molecular complexity index is 977. The molecule has 1 aromatic heterocycles. The van der Waals surface area contributed by atoms with E-state index in [4.69, 9.17) is 4.74 Å². The Morgan fingerprint density at radius 3 is 2.65 bits per heavy atom. The highest BCUT2D eigenvalue weighted by atomic mass is 16.6. The molecule has 0 atom stereocenters. The first-order valence-corrected chi connectivity index (χ1v) is 6.93. The zero-order valence-electron chi connectivity index (χ0n) is 13.2. The third-order valence-electron chi connectivity index (χ3n) is 3.04. The van der Waals surface area contributed by atoms with Gasteiger partial charge in [0.25, 0.3) is 17.2 Å². The van der Waals surface area contributed by atoms with Crippen LogP contribution in [0.2, 0.25) is 0 Å². The SMILES string of the molecule is COc1ccc([N+](=O)[O-])cc1NC(=O)COC(=O)c1c[nH]c(=O)[nH]c1=O. The summed E-state index contributed by atoms with van der Waals surface area (Å²) in [6.07, 6.45) is 0.852. The molecule has 0 fully saturated rings. The maximum atomic E-state index is 11.9. The van der Waals surface area contributed by atoms with Gasteiger partial charge in [-0.15, -0.1) is 0 Å². The first-order valence-electron chi connectivity index (χ1n) is 6.93. The molecule has 0 aliphatic carbocycles. The fraction of sp³-hybridized carbons (Fsp3) is 0.143. The molecule has 0 saturated heterocycles.